The van der Waals surface area contributed by atoms with Crippen molar-refractivity contribution in [3.8, 4) is 0 Å². The van der Waals surface area contributed by atoms with Crippen molar-refractivity contribution in [2.75, 3.05) is 0 Å². The normalized spacial score (nSPS) is 13.9. The maximum absolute atomic E-state index is 12.8. The highest BCUT2D eigenvalue weighted by Gasteiger charge is 2.15. The van der Waals surface area contributed by atoms with Gasteiger partial charge in [0.25, 0.3) is 0 Å². The van der Waals surface area contributed by atoms with Crippen molar-refractivity contribution >= 4 is 12.0 Å². The van der Waals surface area contributed by atoms with E-state index in [-0.39, 0.29) is 24.2 Å². The van der Waals surface area contributed by atoms with Gasteiger partial charge in [0.05, 0.1) is 6.26 Å². The molecule has 2 N–H and O–H groups in total. The van der Waals surface area contributed by atoms with E-state index >= 15 is 0 Å². The van der Waals surface area contributed by atoms with E-state index in [1.807, 2.05) is 6.92 Å². The molecule has 23 heavy (non-hydrogen) atoms. The van der Waals surface area contributed by atoms with Crippen LogP contribution in [-0.4, -0.2) is 17.1 Å². The van der Waals surface area contributed by atoms with Crippen LogP contribution in [0.15, 0.2) is 53.2 Å². The molecule has 2 atom stereocenters. The Morgan fingerprint density at radius 3 is 2.74 bits per heavy atom. The second kappa shape index (κ2) is 8.29. The first kappa shape index (κ1) is 17.0. The van der Waals surface area contributed by atoms with Gasteiger partial charge in [-0.3, -0.25) is 4.79 Å². The minimum absolute atomic E-state index is 0.137. The Morgan fingerprint density at radius 2 is 2.09 bits per heavy atom. The van der Waals surface area contributed by atoms with Crippen LogP contribution in [0.3, 0.4) is 0 Å². The van der Waals surface area contributed by atoms with E-state index < -0.39 is 6.10 Å². The molecule has 2 rings (SSSR count). The Hall–Kier alpha value is -2.40. The topological polar surface area (TPSA) is 62.5 Å². The zero-order valence-electron chi connectivity index (χ0n) is 12.9. The highest BCUT2D eigenvalue weighted by molar-refractivity contribution is 5.78. The van der Waals surface area contributed by atoms with Crippen molar-refractivity contribution in [2.24, 2.45) is 0 Å². The number of rotatable bonds is 7. The largest absolute Gasteiger partial charge is 0.467 e. The van der Waals surface area contributed by atoms with Gasteiger partial charge in [-0.05, 0) is 36.8 Å². The maximum atomic E-state index is 12.8. The standard InChI is InChI=1S/C18H20FNO3/c1-13(12-16(21)17-5-3-11-23-17)20-18(22)6-2-4-14-7-9-15(19)10-8-14/h2-5,7-11,13,16,21H,6,12H2,1H3,(H,20,22)/b4-2+. The van der Waals surface area contributed by atoms with E-state index in [4.69, 9.17) is 4.42 Å². The van der Waals surface area contributed by atoms with Gasteiger partial charge in [-0.1, -0.05) is 24.3 Å². The number of aliphatic hydroxyl groups excluding tert-OH is 1. The van der Waals surface area contributed by atoms with Crippen LogP contribution in [0.1, 0.15) is 37.2 Å². The molecule has 0 saturated heterocycles. The molecule has 1 aromatic heterocycles. The molecule has 0 aliphatic carbocycles. The summed E-state index contributed by atoms with van der Waals surface area (Å²) >= 11 is 0. The Labute approximate surface area is 134 Å². The number of amides is 1. The van der Waals surface area contributed by atoms with Crippen molar-refractivity contribution in [3.05, 3.63) is 65.9 Å². The lowest BCUT2D eigenvalue weighted by Gasteiger charge is -2.16. The molecule has 0 saturated carbocycles. The zero-order valence-corrected chi connectivity index (χ0v) is 12.9. The molecule has 2 aromatic rings. The fraction of sp³-hybridized carbons (Fsp3) is 0.278. The number of hydrogen-bond acceptors (Lipinski definition) is 3. The van der Waals surface area contributed by atoms with Crippen LogP contribution in [0.25, 0.3) is 6.08 Å². The molecule has 4 nitrogen and oxygen atoms in total. The lowest BCUT2D eigenvalue weighted by molar-refractivity contribution is -0.121. The van der Waals surface area contributed by atoms with Gasteiger partial charge in [0, 0.05) is 18.9 Å². The van der Waals surface area contributed by atoms with Crippen molar-refractivity contribution in [2.45, 2.75) is 31.9 Å². The molecule has 0 fully saturated rings. The van der Waals surface area contributed by atoms with Crippen LogP contribution >= 0.6 is 0 Å². The van der Waals surface area contributed by atoms with Crippen LogP contribution in [0.2, 0.25) is 0 Å². The Balaban J connectivity index is 1.74. The van der Waals surface area contributed by atoms with E-state index in [0.29, 0.717) is 12.2 Å². The Morgan fingerprint density at radius 1 is 1.35 bits per heavy atom. The molecule has 5 heteroatoms. The number of halogens is 1. The van der Waals surface area contributed by atoms with Crippen LogP contribution < -0.4 is 5.32 Å². The summed E-state index contributed by atoms with van der Waals surface area (Å²) in [5.74, 6) is 0.0636. The minimum Gasteiger partial charge on any atom is -0.467 e. The molecule has 0 aliphatic rings. The predicted molar refractivity (Wildman–Crippen MR) is 85.9 cm³/mol. The summed E-state index contributed by atoms with van der Waals surface area (Å²) in [4.78, 5) is 11.8. The Kier molecular flexibility index (Phi) is 6.11. The molecular weight excluding hydrogens is 297 g/mol. The van der Waals surface area contributed by atoms with Gasteiger partial charge in [-0.2, -0.15) is 0 Å². The molecule has 0 radical (unpaired) electrons. The lowest BCUT2D eigenvalue weighted by atomic mass is 10.1. The van der Waals surface area contributed by atoms with Crippen LogP contribution in [0.5, 0.6) is 0 Å². The molecule has 2 unspecified atom stereocenters. The molecule has 1 heterocycles. The van der Waals surface area contributed by atoms with Crippen molar-refractivity contribution in [1.82, 2.24) is 5.32 Å². The second-order valence-corrected chi connectivity index (χ2v) is 5.39. The Bertz CT molecular complexity index is 635. The summed E-state index contributed by atoms with van der Waals surface area (Å²) in [7, 11) is 0. The number of carbonyl (C=O) groups is 1. The number of hydrogen-bond donors (Lipinski definition) is 2. The third kappa shape index (κ3) is 5.71. The smallest absolute Gasteiger partial charge is 0.224 e. The number of aliphatic hydroxyl groups is 1. The first-order chi connectivity index (χ1) is 11.0. The van der Waals surface area contributed by atoms with Crippen LogP contribution in [0, 0.1) is 5.82 Å². The summed E-state index contributed by atoms with van der Waals surface area (Å²) in [5.41, 5.74) is 0.834. The van der Waals surface area contributed by atoms with Crippen molar-refractivity contribution in [3.63, 3.8) is 0 Å². The van der Waals surface area contributed by atoms with Gasteiger partial charge in [0.1, 0.15) is 17.7 Å². The third-order valence-corrected chi connectivity index (χ3v) is 3.34. The van der Waals surface area contributed by atoms with Gasteiger partial charge in [0.15, 0.2) is 0 Å². The van der Waals surface area contributed by atoms with Gasteiger partial charge >= 0.3 is 0 Å². The number of furan rings is 1. The quantitative estimate of drug-likeness (QED) is 0.822. The predicted octanol–water partition coefficient (Wildman–Crippen LogP) is 3.45. The highest BCUT2D eigenvalue weighted by Crippen LogP contribution is 2.18. The fourth-order valence-electron chi connectivity index (χ4n) is 2.20. The zero-order chi connectivity index (χ0) is 16.7. The van der Waals surface area contributed by atoms with Gasteiger partial charge in [-0.15, -0.1) is 0 Å². The molecule has 122 valence electrons. The average molecular weight is 317 g/mol. The third-order valence-electron chi connectivity index (χ3n) is 3.34. The van der Waals surface area contributed by atoms with E-state index in [2.05, 4.69) is 5.32 Å². The van der Waals surface area contributed by atoms with Crippen LogP contribution in [0.4, 0.5) is 4.39 Å². The van der Waals surface area contributed by atoms with Crippen molar-refractivity contribution < 1.29 is 18.7 Å². The average Bonchev–Trinajstić information content (AvgIpc) is 3.03. The molecule has 1 aromatic carbocycles. The summed E-state index contributed by atoms with van der Waals surface area (Å²) < 4.78 is 17.9. The first-order valence-electron chi connectivity index (χ1n) is 7.47. The number of benzene rings is 1. The summed E-state index contributed by atoms with van der Waals surface area (Å²) in [5, 5.41) is 12.8. The number of carbonyl (C=O) groups excluding carboxylic acids is 1. The van der Waals surface area contributed by atoms with Gasteiger partial charge in [0.2, 0.25) is 5.91 Å². The van der Waals surface area contributed by atoms with Gasteiger partial charge in [-0.25, -0.2) is 4.39 Å². The summed E-state index contributed by atoms with van der Waals surface area (Å²) in [6.07, 6.45) is 4.84. The maximum Gasteiger partial charge on any atom is 0.224 e. The van der Waals surface area contributed by atoms with Crippen molar-refractivity contribution in [1.29, 1.82) is 0 Å². The second-order valence-electron chi connectivity index (χ2n) is 5.39. The van der Waals surface area contributed by atoms with E-state index in [0.717, 1.165) is 5.56 Å². The molecular formula is C18H20FNO3. The molecule has 0 spiro atoms. The van der Waals surface area contributed by atoms with E-state index in [9.17, 15) is 14.3 Å². The van der Waals surface area contributed by atoms with E-state index in [1.54, 1.807) is 36.4 Å². The SMILES string of the molecule is CC(CC(O)c1ccco1)NC(=O)C/C=C/c1ccc(F)cc1. The summed E-state index contributed by atoms with van der Waals surface area (Å²) in [6.45, 7) is 1.83. The van der Waals surface area contributed by atoms with E-state index in [1.165, 1.54) is 18.4 Å². The van der Waals surface area contributed by atoms with Crippen LogP contribution in [-0.2, 0) is 4.79 Å². The monoisotopic (exact) mass is 317 g/mol. The molecule has 0 bridgehead atoms. The first-order valence-corrected chi connectivity index (χ1v) is 7.47. The lowest BCUT2D eigenvalue weighted by Crippen LogP contribution is -2.33. The highest BCUT2D eigenvalue weighted by atomic mass is 19.1. The fourth-order valence-corrected chi connectivity index (χ4v) is 2.20. The van der Waals surface area contributed by atoms with Gasteiger partial charge < -0.3 is 14.8 Å². The summed E-state index contributed by atoms with van der Waals surface area (Å²) in [6, 6.07) is 9.27. The number of nitrogens with one attached hydrogen (secondary N) is 1. The molecule has 0 aliphatic heterocycles. The molecule has 1 amide bonds. The minimum atomic E-state index is -0.741.